The van der Waals surface area contributed by atoms with E-state index >= 15 is 0 Å². The van der Waals surface area contributed by atoms with Crippen molar-refractivity contribution in [1.29, 1.82) is 0 Å². The molecule has 0 spiro atoms. The average molecular weight is 317 g/mol. The first-order chi connectivity index (χ1) is 10.7. The molecule has 1 aromatic carbocycles. The van der Waals surface area contributed by atoms with Crippen LogP contribution in [0.15, 0.2) is 41.8 Å². The van der Waals surface area contributed by atoms with Gasteiger partial charge in [0, 0.05) is 12.3 Å². The number of carbonyl (C=O) groups is 2. The third-order valence-corrected chi connectivity index (χ3v) is 4.21. The molecule has 1 amide bonds. The van der Waals surface area contributed by atoms with Crippen molar-refractivity contribution in [3.8, 4) is 5.75 Å². The summed E-state index contributed by atoms with van der Waals surface area (Å²) in [6.45, 7) is 1.03. The Hall–Kier alpha value is -2.18. The van der Waals surface area contributed by atoms with Gasteiger partial charge in [-0.25, -0.2) is 0 Å². The molecular formula is C16H15NO4S. The van der Waals surface area contributed by atoms with Crippen LogP contribution in [-0.2, 0) is 9.53 Å². The van der Waals surface area contributed by atoms with E-state index in [-0.39, 0.29) is 17.8 Å². The van der Waals surface area contributed by atoms with Crippen LogP contribution in [0.5, 0.6) is 5.75 Å². The summed E-state index contributed by atoms with van der Waals surface area (Å²) in [5, 5.41) is 4.64. The molecule has 2 aromatic rings. The number of hydrogen-bond acceptors (Lipinski definition) is 5. The Morgan fingerprint density at radius 1 is 1.23 bits per heavy atom. The lowest BCUT2D eigenvalue weighted by molar-refractivity contribution is -0.138. The topological polar surface area (TPSA) is 64.6 Å². The van der Waals surface area contributed by atoms with Crippen LogP contribution in [0.25, 0.3) is 0 Å². The van der Waals surface area contributed by atoms with Gasteiger partial charge in [0.2, 0.25) is 0 Å². The van der Waals surface area contributed by atoms with Crippen molar-refractivity contribution in [2.75, 3.05) is 18.5 Å². The van der Waals surface area contributed by atoms with E-state index in [2.05, 4.69) is 5.32 Å². The summed E-state index contributed by atoms with van der Waals surface area (Å²) in [7, 11) is 0. The number of anilines is 1. The highest BCUT2D eigenvalue weighted by Crippen LogP contribution is 2.20. The van der Waals surface area contributed by atoms with Crippen LogP contribution in [0.1, 0.15) is 16.1 Å². The van der Waals surface area contributed by atoms with Gasteiger partial charge in [0.05, 0.1) is 17.4 Å². The third kappa shape index (κ3) is 3.52. The summed E-state index contributed by atoms with van der Waals surface area (Å²) in [6, 6.07) is 10.3. The van der Waals surface area contributed by atoms with Crippen molar-refractivity contribution in [3.05, 3.63) is 46.7 Å². The second kappa shape index (κ2) is 6.72. The van der Waals surface area contributed by atoms with Crippen LogP contribution in [-0.4, -0.2) is 25.1 Å². The fourth-order valence-corrected chi connectivity index (χ4v) is 2.75. The lowest BCUT2D eigenvalue weighted by Crippen LogP contribution is -2.20. The Morgan fingerprint density at radius 3 is 2.68 bits per heavy atom. The molecule has 1 atom stereocenters. The smallest absolute Gasteiger partial charge is 0.316 e. The molecule has 1 aliphatic heterocycles. The van der Waals surface area contributed by atoms with E-state index in [1.165, 1.54) is 11.3 Å². The monoisotopic (exact) mass is 317 g/mol. The molecule has 0 saturated carbocycles. The van der Waals surface area contributed by atoms with Crippen LogP contribution in [0.4, 0.5) is 5.69 Å². The maximum atomic E-state index is 11.9. The Bertz CT molecular complexity index is 645. The van der Waals surface area contributed by atoms with Crippen molar-refractivity contribution in [2.45, 2.75) is 6.42 Å². The van der Waals surface area contributed by atoms with Crippen LogP contribution in [0, 0.1) is 5.92 Å². The van der Waals surface area contributed by atoms with Gasteiger partial charge in [-0.15, -0.1) is 11.3 Å². The van der Waals surface area contributed by atoms with Crippen molar-refractivity contribution in [3.63, 3.8) is 0 Å². The van der Waals surface area contributed by atoms with Crippen molar-refractivity contribution >= 4 is 28.9 Å². The largest absolute Gasteiger partial charge is 0.426 e. The number of esters is 1. The molecule has 1 fully saturated rings. The maximum absolute atomic E-state index is 11.9. The van der Waals surface area contributed by atoms with Crippen LogP contribution >= 0.6 is 11.3 Å². The molecule has 22 heavy (non-hydrogen) atoms. The van der Waals surface area contributed by atoms with E-state index in [4.69, 9.17) is 9.47 Å². The molecule has 1 N–H and O–H groups in total. The minimum Gasteiger partial charge on any atom is -0.426 e. The Labute approximate surface area is 131 Å². The van der Waals surface area contributed by atoms with E-state index in [9.17, 15) is 9.59 Å². The molecular weight excluding hydrogens is 302 g/mol. The summed E-state index contributed by atoms with van der Waals surface area (Å²) in [5.41, 5.74) is 0.655. The Kier molecular flexibility index (Phi) is 4.50. The van der Waals surface area contributed by atoms with Gasteiger partial charge in [0.1, 0.15) is 5.75 Å². The zero-order valence-electron chi connectivity index (χ0n) is 11.8. The molecule has 0 bridgehead atoms. The number of thiophene rings is 1. The van der Waals surface area contributed by atoms with Gasteiger partial charge in [-0.05, 0) is 42.1 Å². The molecule has 0 radical (unpaired) electrons. The van der Waals surface area contributed by atoms with Crippen LogP contribution < -0.4 is 10.1 Å². The minimum absolute atomic E-state index is 0.150. The second-order valence-corrected chi connectivity index (χ2v) is 5.89. The molecule has 1 aliphatic rings. The van der Waals surface area contributed by atoms with Crippen molar-refractivity contribution in [1.82, 2.24) is 0 Å². The summed E-state index contributed by atoms with van der Waals surface area (Å²) < 4.78 is 10.5. The quantitative estimate of drug-likeness (QED) is 0.695. The predicted octanol–water partition coefficient (Wildman–Crippen LogP) is 2.94. The van der Waals surface area contributed by atoms with Crippen LogP contribution in [0.2, 0.25) is 0 Å². The highest BCUT2D eigenvalue weighted by molar-refractivity contribution is 7.12. The van der Waals surface area contributed by atoms with Gasteiger partial charge in [0.15, 0.2) is 0 Å². The SMILES string of the molecule is O=C(Nc1ccc(OC(=O)C2CCOC2)cc1)c1cccs1. The van der Waals surface area contributed by atoms with Gasteiger partial charge >= 0.3 is 5.97 Å². The third-order valence-electron chi connectivity index (χ3n) is 3.34. The summed E-state index contributed by atoms with van der Waals surface area (Å²) in [4.78, 5) is 24.4. The van der Waals surface area contributed by atoms with E-state index < -0.39 is 0 Å². The highest BCUT2D eigenvalue weighted by Gasteiger charge is 2.25. The molecule has 3 rings (SSSR count). The Morgan fingerprint density at radius 2 is 2.05 bits per heavy atom. The molecule has 1 unspecified atom stereocenters. The Balaban J connectivity index is 1.58. The average Bonchev–Trinajstić information content (AvgIpc) is 3.23. The number of rotatable bonds is 4. The van der Waals surface area contributed by atoms with Gasteiger partial charge < -0.3 is 14.8 Å². The summed E-state index contributed by atoms with van der Waals surface area (Å²) in [5.74, 6) is -0.139. The molecule has 114 valence electrons. The molecule has 1 aromatic heterocycles. The van der Waals surface area contributed by atoms with E-state index in [1.54, 1.807) is 30.3 Å². The number of ether oxygens (including phenoxy) is 2. The highest BCUT2D eigenvalue weighted by atomic mass is 32.1. The van der Waals surface area contributed by atoms with E-state index in [0.717, 1.165) is 0 Å². The number of benzene rings is 1. The normalized spacial score (nSPS) is 17.2. The second-order valence-electron chi connectivity index (χ2n) is 4.94. The first kappa shape index (κ1) is 14.7. The molecule has 6 heteroatoms. The zero-order valence-corrected chi connectivity index (χ0v) is 12.6. The van der Waals surface area contributed by atoms with Crippen LogP contribution in [0.3, 0.4) is 0 Å². The van der Waals surface area contributed by atoms with Gasteiger partial charge in [-0.3, -0.25) is 9.59 Å². The van der Waals surface area contributed by atoms with E-state index in [0.29, 0.717) is 35.9 Å². The van der Waals surface area contributed by atoms with Gasteiger partial charge in [-0.1, -0.05) is 6.07 Å². The molecule has 2 heterocycles. The predicted molar refractivity (Wildman–Crippen MR) is 83.3 cm³/mol. The minimum atomic E-state index is -0.270. The molecule has 1 saturated heterocycles. The lowest BCUT2D eigenvalue weighted by Gasteiger charge is -2.09. The fourth-order valence-electron chi connectivity index (χ4n) is 2.13. The summed E-state index contributed by atoms with van der Waals surface area (Å²) in [6.07, 6.45) is 0.702. The maximum Gasteiger partial charge on any atom is 0.316 e. The standard InChI is InChI=1S/C16H15NO4S/c18-15(14-2-1-9-22-14)17-12-3-5-13(6-4-12)21-16(19)11-7-8-20-10-11/h1-6,9,11H,7-8,10H2,(H,17,18). The molecule has 0 aliphatic carbocycles. The fraction of sp³-hybridized carbons (Fsp3) is 0.250. The summed E-state index contributed by atoms with van der Waals surface area (Å²) >= 11 is 1.38. The lowest BCUT2D eigenvalue weighted by atomic mass is 10.1. The van der Waals surface area contributed by atoms with Crippen molar-refractivity contribution < 1.29 is 19.1 Å². The number of nitrogens with one attached hydrogen (secondary N) is 1. The number of carbonyl (C=O) groups excluding carboxylic acids is 2. The molecule has 5 nitrogen and oxygen atoms in total. The van der Waals surface area contributed by atoms with Crippen molar-refractivity contribution in [2.24, 2.45) is 5.92 Å². The first-order valence-corrected chi connectivity index (χ1v) is 7.85. The number of amides is 1. The number of hydrogen-bond donors (Lipinski definition) is 1. The van der Waals surface area contributed by atoms with Gasteiger partial charge in [-0.2, -0.15) is 0 Å². The first-order valence-electron chi connectivity index (χ1n) is 6.97. The van der Waals surface area contributed by atoms with Gasteiger partial charge in [0.25, 0.3) is 5.91 Å². The zero-order chi connectivity index (χ0) is 15.4. The van der Waals surface area contributed by atoms with E-state index in [1.807, 2.05) is 11.4 Å².